The largest absolute Gasteiger partial charge is 0.491 e. The smallest absolute Gasteiger partial charge is 0.416 e. The number of aromatic nitrogens is 2. The van der Waals surface area contributed by atoms with Gasteiger partial charge in [-0.25, -0.2) is 9.48 Å². The number of halogens is 6. The number of alkyl halides is 6. The Morgan fingerprint density at radius 1 is 1.02 bits per heavy atom. The number of carbonyl (C=O) groups is 1. The van der Waals surface area contributed by atoms with Gasteiger partial charge in [0.15, 0.2) is 0 Å². The van der Waals surface area contributed by atoms with Crippen molar-refractivity contribution in [3.8, 4) is 22.7 Å². The fraction of sp³-hybridized carbons (Fsp3) is 0.333. The molecule has 2 heterocycles. The molecule has 0 saturated heterocycles. The van der Waals surface area contributed by atoms with Crippen LogP contribution in [0.4, 0.5) is 36.8 Å². The average Bonchev–Trinajstić information content (AvgIpc) is 3.33. The maximum absolute atomic E-state index is 13.9. The number of anilines is 1. The van der Waals surface area contributed by atoms with E-state index in [1.54, 1.807) is 33.8 Å². The zero-order valence-corrected chi connectivity index (χ0v) is 25.4. The molecule has 13 heteroatoms. The number of fused-ring (bicyclic) bond motifs is 1. The van der Waals surface area contributed by atoms with Crippen LogP contribution < -0.4 is 15.8 Å². The van der Waals surface area contributed by atoms with Crippen LogP contribution in [-0.2, 0) is 31.9 Å². The molecule has 0 unspecified atom stereocenters. The number of benzene rings is 3. The minimum Gasteiger partial charge on any atom is -0.491 e. The van der Waals surface area contributed by atoms with Gasteiger partial charge in [-0.2, -0.15) is 31.4 Å². The molecule has 1 aliphatic heterocycles. The summed E-state index contributed by atoms with van der Waals surface area (Å²) in [6.07, 6.45) is -9.26. The predicted octanol–water partition coefficient (Wildman–Crippen LogP) is 7.97. The summed E-state index contributed by atoms with van der Waals surface area (Å²) in [5.74, 6) is 0.840. The zero-order chi connectivity index (χ0) is 33.4. The number of nitrogens with zero attached hydrogens (tertiary/aromatic N) is 3. The van der Waals surface area contributed by atoms with E-state index in [4.69, 9.17) is 15.6 Å². The van der Waals surface area contributed by atoms with Crippen LogP contribution in [0.5, 0.6) is 5.75 Å². The number of nitrogens with one attached hydrogen (secondary N) is 1. The normalized spacial score (nSPS) is 14.0. The second-order valence-corrected chi connectivity index (χ2v) is 11.7. The molecule has 0 spiro atoms. The Morgan fingerprint density at radius 2 is 1.74 bits per heavy atom. The lowest BCUT2D eigenvalue weighted by Crippen LogP contribution is -2.31. The monoisotopic (exact) mass is 645 g/mol. The van der Waals surface area contributed by atoms with Crippen LogP contribution in [0.15, 0.2) is 60.7 Å². The van der Waals surface area contributed by atoms with Crippen LogP contribution in [0, 0.1) is 12.8 Å². The molecule has 0 radical (unpaired) electrons. The second kappa shape index (κ2) is 12.7. The summed E-state index contributed by atoms with van der Waals surface area (Å²) in [5, 5.41) is 7.47. The van der Waals surface area contributed by atoms with Crippen LogP contribution in [0.1, 0.15) is 47.4 Å². The third-order valence-corrected chi connectivity index (χ3v) is 7.66. The van der Waals surface area contributed by atoms with Gasteiger partial charge in [0.1, 0.15) is 11.4 Å². The molecule has 0 fully saturated rings. The van der Waals surface area contributed by atoms with Crippen LogP contribution in [0.2, 0.25) is 0 Å². The van der Waals surface area contributed by atoms with Gasteiger partial charge in [-0.05, 0) is 60.4 Å². The SMILES string of the molecule is Cc1cccc(OCC(C)C)c1-n1nc2c(c1-c1ccc(NC(N)=O)cc1)CN(Cc1cc(C(F)(F)F)ccc1C(F)(F)F)CC2. The van der Waals surface area contributed by atoms with Crippen molar-refractivity contribution in [3.05, 3.63) is 94.2 Å². The molecule has 0 saturated carbocycles. The molecule has 7 nitrogen and oxygen atoms in total. The van der Waals surface area contributed by atoms with E-state index in [0.29, 0.717) is 65.3 Å². The molecule has 46 heavy (non-hydrogen) atoms. The molecular formula is C33H33F6N5O2. The molecule has 3 N–H and O–H groups in total. The van der Waals surface area contributed by atoms with Gasteiger partial charge in [0.05, 0.1) is 29.1 Å². The van der Waals surface area contributed by atoms with Crippen molar-refractivity contribution in [1.29, 1.82) is 0 Å². The van der Waals surface area contributed by atoms with E-state index in [9.17, 15) is 31.1 Å². The van der Waals surface area contributed by atoms with Crippen molar-refractivity contribution in [2.75, 3.05) is 18.5 Å². The number of aryl methyl sites for hydroxylation is 1. The average molecular weight is 646 g/mol. The molecule has 5 rings (SSSR count). The van der Waals surface area contributed by atoms with Crippen molar-refractivity contribution < 1.29 is 35.9 Å². The molecule has 4 aromatic rings. The number of hydrogen-bond donors (Lipinski definition) is 2. The van der Waals surface area contributed by atoms with Crippen LogP contribution >= 0.6 is 0 Å². The summed E-state index contributed by atoms with van der Waals surface area (Å²) in [7, 11) is 0. The highest BCUT2D eigenvalue weighted by Crippen LogP contribution is 2.40. The summed E-state index contributed by atoms with van der Waals surface area (Å²) in [6.45, 7) is 6.48. The highest BCUT2D eigenvalue weighted by molar-refractivity contribution is 5.88. The molecule has 1 aromatic heterocycles. The Bertz CT molecular complexity index is 1730. The van der Waals surface area contributed by atoms with E-state index < -0.39 is 35.1 Å². The molecule has 0 bridgehead atoms. The maximum atomic E-state index is 13.9. The molecule has 2 amide bonds. The molecule has 0 aliphatic carbocycles. The molecular weight excluding hydrogens is 612 g/mol. The van der Waals surface area contributed by atoms with E-state index in [2.05, 4.69) is 5.32 Å². The van der Waals surface area contributed by atoms with Gasteiger partial charge in [-0.15, -0.1) is 0 Å². The predicted molar refractivity (Wildman–Crippen MR) is 162 cm³/mol. The number of para-hydroxylation sites is 1. The number of ether oxygens (including phenoxy) is 1. The first kappa shape index (κ1) is 32.9. The number of rotatable bonds is 8. The van der Waals surface area contributed by atoms with Crippen molar-refractivity contribution in [3.63, 3.8) is 0 Å². The molecule has 244 valence electrons. The Labute approximate surface area is 262 Å². The number of primary amides is 1. The highest BCUT2D eigenvalue weighted by Gasteiger charge is 2.38. The standard InChI is InChI=1S/C33H33F6N5O2/c1-19(2)18-46-28-6-4-5-20(3)29(28)44-30(21-7-10-24(11-8-21)41-31(40)45)25-17-43(14-13-27(25)42-44)16-22-15-23(32(34,35)36)9-12-26(22)33(37,38)39/h4-12,15,19H,13-14,16-18H2,1-3H3,(H3,40,41,45). The lowest BCUT2D eigenvalue weighted by molar-refractivity contribution is -0.142. The third-order valence-electron chi connectivity index (χ3n) is 7.66. The minimum absolute atomic E-state index is 0.133. The lowest BCUT2D eigenvalue weighted by atomic mass is 9.98. The van der Waals surface area contributed by atoms with E-state index in [1.807, 2.05) is 39.0 Å². The fourth-order valence-electron chi connectivity index (χ4n) is 5.57. The molecule has 3 aromatic carbocycles. The summed E-state index contributed by atoms with van der Waals surface area (Å²) >= 11 is 0. The van der Waals surface area contributed by atoms with E-state index >= 15 is 0 Å². The first-order valence-corrected chi connectivity index (χ1v) is 14.6. The minimum atomic E-state index is -4.83. The summed E-state index contributed by atoms with van der Waals surface area (Å²) in [6, 6.07) is 13.3. The van der Waals surface area contributed by atoms with Gasteiger partial charge in [0, 0.05) is 42.9 Å². The number of amides is 2. The quantitative estimate of drug-likeness (QED) is 0.191. The van der Waals surface area contributed by atoms with E-state index in [1.165, 1.54) is 0 Å². The summed E-state index contributed by atoms with van der Waals surface area (Å²) in [4.78, 5) is 13.1. The third kappa shape index (κ3) is 7.14. The van der Waals surface area contributed by atoms with Crippen molar-refractivity contribution in [1.82, 2.24) is 14.7 Å². The van der Waals surface area contributed by atoms with Gasteiger partial charge in [-0.3, -0.25) is 4.90 Å². The number of nitrogens with two attached hydrogens (primary N) is 1. The van der Waals surface area contributed by atoms with Gasteiger partial charge in [0.2, 0.25) is 0 Å². The maximum Gasteiger partial charge on any atom is 0.416 e. The van der Waals surface area contributed by atoms with Gasteiger partial charge >= 0.3 is 18.4 Å². The number of hydrogen-bond acceptors (Lipinski definition) is 4. The Balaban J connectivity index is 1.61. The van der Waals surface area contributed by atoms with Crippen molar-refractivity contribution >= 4 is 11.7 Å². The lowest BCUT2D eigenvalue weighted by Gasteiger charge is -2.28. The van der Waals surface area contributed by atoms with Crippen LogP contribution in [0.25, 0.3) is 16.9 Å². The zero-order valence-electron chi connectivity index (χ0n) is 25.4. The van der Waals surface area contributed by atoms with Crippen molar-refractivity contribution in [2.24, 2.45) is 11.7 Å². The topological polar surface area (TPSA) is 85.4 Å². The fourth-order valence-corrected chi connectivity index (χ4v) is 5.57. The van der Waals surface area contributed by atoms with Gasteiger partial charge < -0.3 is 15.8 Å². The second-order valence-electron chi connectivity index (χ2n) is 11.7. The van der Waals surface area contributed by atoms with Gasteiger partial charge in [0.25, 0.3) is 0 Å². The first-order chi connectivity index (χ1) is 21.6. The highest BCUT2D eigenvalue weighted by atomic mass is 19.4. The van der Waals surface area contributed by atoms with E-state index in [0.717, 1.165) is 11.1 Å². The van der Waals surface area contributed by atoms with Crippen molar-refractivity contribution in [2.45, 2.75) is 52.6 Å². The van der Waals surface area contributed by atoms with Crippen LogP contribution in [-0.4, -0.2) is 33.9 Å². The number of carbonyl (C=O) groups excluding carboxylic acids is 1. The molecule has 0 atom stereocenters. The summed E-state index contributed by atoms with van der Waals surface area (Å²) in [5.41, 5.74) is 7.35. The first-order valence-electron chi connectivity index (χ1n) is 14.6. The Morgan fingerprint density at radius 3 is 2.37 bits per heavy atom. The number of urea groups is 1. The Hall–Kier alpha value is -4.52. The van der Waals surface area contributed by atoms with Crippen LogP contribution in [0.3, 0.4) is 0 Å². The van der Waals surface area contributed by atoms with Gasteiger partial charge in [-0.1, -0.05) is 38.1 Å². The van der Waals surface area contributed by atoms with E-state index in [-0.39, 0.29) is 25.6 Å². The summed E-state index contributed by atoms with van der Waals surface area (Å²) < 4.78 is 90.1. The molecule has 1 aliphatic rings. The Kier molecular flexibility index (Phi) is 9.07.